The second-order valence-electron chi connectivity index (χ2n) is 6.00. The fourth-order valence-corrected chi connectivity index (χ4v) is 2.73. The summed E-state index contributed by atoms with van der Waals surface area (Å²) in [6.45, 7) is 1.65. The highest BCUT2D eigenvalue weighted by Gasteiger charge is 2.38. The minimum Gasteiger partial charge on any atom is -0.495 e. The van der Waals surface area contributed by atoms with Crippen LogP contribution in [-0.4, -0.2) is 30.9 Å². The molecule has 1 saturated heterocycles. The number of urea groups is 1. The minimum absolute atomic E-state index is 0.167. The lowest BCUT2D eigenvalue weighted by Crippen LogP contribution is -2.54. The van der Waals surface area contributed by atoms with E-state index in [1.807, 2.05) is 0 Å². The number of imide groups is 2. The molecule has 0 aliphatic carbocycles. The van der Waals surface area contributed by atoms with Crippen LogP contribution < -0.4 is 19.7 Å². The number of rotatable bonds is 5. The summed E-state index contributed by atoms with van der Waals surface area (Å²) in [4.78, 5) is 50.2. The highest BCUT2D eigenvalue weighted by atomic mass is 16.5. The van der Waals surface area contributed by atoms with Gasteiger partial charge in [-0.2, -0.15) is 0 Å². The van der Waals surface area contributed by atoms with Gasteiger partial charge in [0.25, 0.3) is 11.8 Å². The molecule has 148 valence electrons. The van der Waals surface area contributed by atoms with Crippen molar-refractivity contribution in [1.82, 2.24) is 5.32 Å². The van der Waals surface area contributed by atoms with E-state index in [0.717, 1.165) is 4.90 Å². The number of carbonyl (C=O) groups excluding carboxylic acids is 4. The van der Waals surface area contributed by atoms with Crippen LogP contribution in [0.4, 0.5) is 10.5 Å². The monoisotopic (exact) mass is 394 g/mol. The number of anilines is 1. The molecule has 29 heavy (non-hydrogen) atoms. The molecule has 2 aromatic rings. The van der Waals surface area contributed by atoms with Crippen molar-refractivity contribution in [2.75, 3.05) is 12.0 Å². The Balaban J connectivity index is 2.04. The Morgan fingerprint density at radius 3 is 2.38 bits per heavy atom. The number of ether oxygens (including phenoxy) is 2. The Labute approximate surface area is 166 Å². The maximum atomic E-state index is 13.0. The first-order chi connectivity index (χ1) is 14.0. The van der Waals surface area contributed by atoms with E-state index >= 15 is 0 Å². The number of methoxy groups -OCH3 is 1. The van der Waals surface area contributed by atoms with Crippen LogP contribution >= 0.6 is 0 Å². The quantitative estimate of drug-likeness (QED) is 0.362. The fraction of sp³-hybridized carbons (Fsp3) is 0.143. The zero-order valence-electron chi connectivity index (χ0n) is 15.8. The average molecular weight is 394 g/mol. The van der Waals surface area contributed by atoms with Gasteiger partial charge in [0.2, 0.25) is 0 Å². The molecule has 8 nitrogen and oxygen atoms in total. The van der Waals surface area contributed by atoms with E-state index in [1.54, 1.807) is 49.4 Å². The molecule has 0 aromatic heterocycles. The van der Waals surface area contributed by atoms with E-state index in [2.05, 4.69) is 5.32 Å². The summed E-state index contributed by atoms with van der Waals surface area (Å²) in [6, 6.07) is 12.0. The zero-order chi connectivity index (χ0) is 21.0. The van der Waals surface area contributed by atoms with Gasteiger partial charge in [-0.05, 0) is 24.3 Å². The first-order valence-corrected chi connectivity index (χ1v) is 8.80. The molecule has 8 heteroatoms. The summed E-state index contributed by atoms with van der Waals surface area (Å²) in [5.74, 6) is -1.63. The third-order valence-electron chi connectivity index (χ3n) is 4.16. The number of para-hydroxylation sites is 3. The van der Waals surface area contributed by atoms with E-state index in [9.17, 15) is 19.2 Å². The van der Waals surface area contributed by atoms with Gasteiger partial charge in [0.05, 0.1) is 12.8 Å². The van der Waals surface area contributed by atoms with Gasteiger partial charge >= 0.3 is 12.0 Å². The predicted molar refractivity (Wildman–Crippen MR) is 104 cm³/mol. The van der Waals surface area contributed by atoms with E-state index < -0.39 is 23.8 Å². The number of amides is 4. The van der Waals surface area contributed by atoms with Gasteiger partial charge in [-0.25, -0.2) is 9.69 Å². The molecule has 0 unspecified atom stereocenters. The number of benzene rings is 2. The van der Waals surface area contributed by atoms with Crippen LogP contribution in [0.5, 0.6) is 11.5 Å². The van der Waals surface area contributed by atoms with E-state index in [1.165, 1.54) is 19.3 Å². The second-order valence-corrected chi connectivity index (χ2v) is 6.00. The van der Waals surface area contributed by atoms with Crippen molar-refractivity contribution in [3.05, 3.63) is 59.7 Å². The highest BCUT2D eigenvalue weighted by molar-refractivity contribution is 6.39. The van der Waals surface area contributed by atoms with Crippen molar-refractivity contribution in [2.24, 2.45) is 0 Å². The summed E-state index contributed by atoms with van der Waals surface area (Å²) < 4.78 is 10.5. The predicted octanol–water partition coefficient (Wildman–Crippen LogP) is 2.68. The number of barbiturate groups is 1. The lowest BCUT2D eigenvalue weighted by Gasteiger charge is -2.27. The normalized spacial score (nSPS) is 15.3. The number of nitrogens with zero attached hydrogens (tertiary/aromatic N) is 1. The summed E-state index contributed by atoms with van der Waals surface area (Å²) in [5, 5.41) is 2.15. The molecule has 1 aliphatic rings. The van der Waals surface area contributed by atoms with Gasteiger partial charge in [-0.1, -0.05) is 37.3 Å². The molecule has 0 atom stereocenters. The Morgan fingerprint density at radius 1 is 1.03 bits per heavy atom. The average Bonchev–Trinajstić information content (AvgIpc) is 2.72. The van der Waals surface area contributed by atoms with Crippen molar-refractivity contribution < 1.29 is 28.7 Å². The van der Waals surface area contributed by atoms with E-state index in [4.69, 9.17) is 9.47 Å². The number of esters is 1. The topological polar surface area (TPSA) is 102 Å². The molecule has 4 amide bonds. The zero-order valence-corrected chi connectivity index (χ0v) is 15.8. The Bertz CT molecular complexity index is 1030. The largest absolute Gasteiger partial charge is 0.495 e. The summed E-state index contributed by atoms with van der Waals surface area (Å²) in [7, 11) is 1.41. The molecule has 1 aliphatic heterocycles. The number of hydrogen-bond acceptors (Lipinski definition) is 6. The summed E-state index contributed by atoms with van der Waals surface area (Å²) in [5.41, 5.74) is 0.263. The Morgan fingerprint density at radius 2 is 1.69 bits per heavy atom. The second kappa shape index (κ2) is 8.39. The van der Waals surface area contributed by atoms with Crippen molar-refractivity contribution in [3.63, 3.8) is 0 Å². The summed E-state index contributed by atoms with van der Waals surface area (Å²) in [6.07, 6.45) is 1.45. The third-order valence-corrected chi connectivity index (χ3v) is 4.16. The molecule has 3 rings (SSSR count). The van der Waals surface area contributed by atoms with Gasteiger partial charge in [0, 0.05) is 12.0 Å². The van der Waals surface area contributed by atoms with Crippen molar-refractivity contribution >= 4 is 35.6 Å². The fourth-order valence-electron chi connectivity index (χ4n) is 2.73. The first-order valence-electron chi connectivity index (χ1n) is 8.80. The number of hydrogen-bond donors (Lipinski definition) is 1. The Kier molecular flexibility index (Phi) is 5.73. The van der Waals surface area contributed by atoms with Crippen LogP contribution in [-0.2, 0) is 14.4 Å². The van der Waals surface area contributed by atoms with Crippen LogP contribution in [0, 0.1) is 0 Å². The molecular formula is C21H18N2O6. The van der Waals surface area contributed by atoms with Gasteiger partial charge in [0.15, 0.2) is 0 Å². The maximum Gasteiger partial charge on any atom is 0.336 e. The standard InChI is InChI=1S/C21H18N2O6/c1-3-18(24)29-16-10-6-4-8-13(16)12-14-19(25)22-21(27)23(20(14)26)15-9-5-7-11-17(15)28-2/h4-12H,3H2,1-2H3,(H,22,25,27)/b14-12-. The summed E-state index contributed by atoms with van der Waals surface area (Å²) >= 11 is 0. The third kappa shape index (κ3) is 4.01. The van der Waals surface area contributed by atoms with Gasteiger partial charge < -0.3 is 9.47 Å². The lowest BCUT2D eigenvalue weighted by molar-refractivity contribution is -0.134. The molecular weight excluding hydrogens is 376 g/mol. The Hall–Kier alpha value is -3.94. The lowest BCUT2D eigenvalue weighted by atomic mass is 10.1. The molecule has 0 bridgehead atoms. The molecule has 2 aromatic carbocycles. The molecule has 0 radical (unpaired) electrons. The first kappa shape index (κ1) is 19.8. The minimum atomic E-state index is -0.882. The number of nitrogens with one attached hydrogen (secondary N) is 1. The van der Waals surface area contributed by atoms with Crippen LogP contribution in [0.25, 0.3) is 6.08 Å². The maximum absolute atomic E-state index is 13.0. The van der Waals surface area contributed by atoms with E-state index in [0.29, 0.717) is 11.3 Å². The molecule has 1 N–H and O–H groups in total. The number of carbonyl (C=O) groups is 4. The van der Waals surface area contributed by atoms with Crippen LogP contribution in [0.15, 0.2) is 54.1 Å². The van der Waals surface area contributed by atoms with E-state index in [-0.39, 0.29) is 23.4 Å². The molecule has 1 heterocycles. The van der Waals surface area contributed by atoms with Gasteiger partial charge in [-0.15, -0.1) is 0 Å². The highest BCUT2D eigenvalue weighted by Crippen LogP contribution is 2.31. The van der Waals surface area contributed by atoms with Crippen molar-refractivity contribution in [3.8, 4) is 11.5 Å². The van der Waals surface area contributed by atoms with Crippen LogP contribution in [0.1, 0.15) is 18.9 Å². The molecule has 0 saturated carbocycles. The van der Waals surface area contributed by atoms with Crippen molar-refractivity contribution in [2.45, 2.75) is 13.3 Å². The molecule has 1 fully saturated rings. The smallest absolute Gasteiger partial charge is 0.336 e. The SMILES string of the molecule is CCC(=O)Oc1ccccc1/C=C1/C(=O)NC(=O)N(c2ccccc2OC)C1=O. The van der Waals surface area contributed by atoms with Crippen molar-refractivity contribution in [1.29, 1.82) is 0 Å². The van der Waals surface area contributed by atoms with Crippen LogP contribution in [0.2, 0.25) is 0 Å². The van der Waals surface area contributed by atoms with Gasteiger partial charge in [-0.3, -0.25) is 19.7 Å². The van der Waals surface area contributed by atoms with Crippen LogP contribution in [0.3, 0.4) is 0 Å². The van der Waals surface area contributed by atoms with Gasteiger partial charge in [0.1, 0.15) is 17.1 Å². The molecule has 0 spiro atoms.